The fraction of sp³-hybridized carbons (Fsp3) is 0.214. The number of rotatable bonds is 6. The van der Waals surface area contributed by atoms with E-state index in [0.717, 1.165) is 0 Å². The highest BCUT2D eigenvalue weighted by atomic mass is 16.6. The van der Waals surface area contributed by atoms with E-state index in [9.17, 15) is 14.9 Å². The van der Waals surface area contributed by atoms with Crippen molar-refractivity contribution in [1.82, 2.24) is 9.97 Å². The maximum Gasteiger partial charge on any atom is 0.311 e. The largest absolute Gasteiger partial charge is 0.494 e. The van der Waals surface area contributed by atoms with E-state index in [-0.39, 0.29) is 34.8 Å². The lowest BCUT2D eigenvalue weighted by Gasteiger charge is -2.10. The summed E-state index contributed by atoms with van der Waals surface area (Å²) in [5, 5.41) is 20.1. The van der Waals surface area contributed by atoms with Crippen LogP contribution in [0.1, 0.15) is 5.56 Å². The summed E-state index contributed by atoms with van der Waals surface area (Å²) in [5.74, 6) is -0.553. The van der Waals surface area contributed by atoms with E-state index >= 15 is 0 Å². The zero-order valence-corrected chi connectivity index (χ0v) is 12.3. The molecule has 0 saturated heterocycles. The molecular weight excluding hydrogens is 306 g/mol. The minimum Gasteiger partial charge on any atom is -0.494 e. The van der Waals surface area contributed by atoms with Crippen LogP contribution < -0.4 is 9.47 Å². The standard InChI is InChI=1S/C14H13N3O6/c1-22-9-6-15-14(16-7-9)10-3-8(5-12(18)19)4-11(17(20)21)13(10)23-2/h3-4,6-7H,5H2,1-2H3,(H,18,19). The van der Waals surface area contributed by atoms with Gasteiger partial charge in [-0.25, -0.2) is 9.97 Å². The van der Waals surface area contributed by atoms with Crippen LogP contribution >= 0.6 is 0 Å². The highest BCUT2D eigenvalue weighted by Gasteiger charge is 2.23. The van der Waals surface area contributed by atoms with Crippen LogP contribution in [0, 0.1) is 10.1 Å². The number of hydrogen-bond donors (Lipinski definition) is 1. The molecule has 0 bridgehead atoms. The molecule has 0 spiro atoms. The first-order chi connectivity index (χ1) is 11.0. The molecule has 0 amide bonds. The zero-order chi connectivity index (χ0) is 17.0. The number of methoxy groups -OCH3 is 2. The Bertz CT molecular complexity index is 745. The number of nitrogens with zero attached hydrogens (tertiary/aromatic N) is 3. The summed E-state index contributed by atoms with van der Waals surface area (Å²) in [6.07, 6.45) is 2.43. The average Bonchev–Trinajstić information content (AvgIpc) is 2.53. The molecule has 1 aromatic carbocycles. The number of benzene rings is 1. The summed E-state index contributed by atoms with van der Waals surface area (Å²) in [5.41, 5.74) is 0.140. The van der Waals surface area contributed by atoms with Gasteiger partial charge in [0, 0.05) is 6.07 Å². The topological polar surface area (TPSA) is 125 Å². The van der Waals surface area contributed by atoms with Crippen molar-refractivity contribution in [2.24, 2.45) is 0 Å². The Morgan fingerprint density at radius 3 is 2.39 bits per heavy atom. The van der Waals surface area contributed by atoms with Gasteiger partial charge in [0.1, 0.15) is 0 Å². The van der Waals surface area contributed by atoms with Crippen molar-refractivity contribution >= 4 is 11.7 Å². The fourth-order valence-corrected chi connectivity index (χ4v) is 2.03. The molecule has 1 aromatic heterocycles. The Balaban J connectivity index is 2.64. The van der Waals surface area contributed by atoms with Crippen molar-refractivity contribution < 1.29 is 24.3 Å². The molecular formula is C14H13N3O6. The first-order valence-corrected chi connectivity index (χ1v) is 6.39. The Morgan fingerprint density at radius 2 is 1.91 bits per heavy atom. The van der Waals surface area contributed by atoms with Gasteiger partial charge >= 0.3 is 11.7 Å². The summed E-state index contributed by atoms with van der Waals surface area (Å²) in [6, 6.07) is 2.63. The fourth-order valence-electron chi connectivity index (χ4n) is 2.03. The Hall–Kier alpha value is -3.23. The minimum absolute atomic E-state index is 0.0331. The highest BCUT2D eigenvalue weighted by molar-refractivity contribution is 5.76. The van der Waals surface area contributed by atoms with Gasteiger partial charge in [0.2, 0.25) is 5.75 Å². The van der Waals surface area contributed by atoms with E-state index in [1.807, 2.05) is 0 Å². The van der Waals surface area contributed by atoms with Gasteiger partial charge < -0.3 is 14.6 Å². The Morgan fingerprint density at radius 1 is 1.26 bits per heavy atom. The Kier molecular flexibility index (Phi) is 4.69. The summed E-state index contributed by atoms with van der Waals surface area (Å²) >= 11 is 0. The smallest absolute Gasteiger partial charge is 0.311 e. The van der Waals surface area contributed by atoms with Crippen molar-refractivity contribution in [3.63, 3.8) is 0 Å². The summed E-state index contributed by atoms with van der Waals surface area (Å²) in [7, 11) is 2.74. The van der Waals surface area contributed by atoms with Crippen molar-refractivity contribution in [2.75, 3.05) is 14.2 Å². The molecule has 0 saturated carbocycles. The third-order valence-electron chi connectivity index (χ3n) is 2.99. The van der Waals surface area contributed by atoms with Gasteiger partial charge in [0.15, 0.2) is 11.6 Å². The van der Waals surface area contributed by atoms with Crippen LogP contribution in [-0.2, 0) is 11.2 Å². The number of carbonyl (C=O) groups is 1. The molecule has 0 aliphatic carbocycles. The van der Waals surface area contributed by atoms with Crippen molar-refractivity contribution in [2.45, 2.75) is 6.42 Å². The van der Waals surface area contributed by atoms with Crippen LogP contribution in [0.3, 0.4) is 0 Å². The molecule has 2 rings (SSSR count). The highest BCUT2D eigenvalue weighted by Crippen LogP contribution is 2.37. The number of nitro benzene ring substituents is 1. The molecule has 1 heterocycles. The number of carboxylic acids is 1. The van der Waals surface area contributed by atoms with Crippen LogP contribution in [0.5, 0.6) is 11.5 Å². The molecule has 9 heteroatoms. The lowest BCUT2D eigenvalue weighted by molar-refractivity contribution is -0.385. The quantitative estimate of drug-likeness (QED) is 0.630. The first-order valence-electron chi connectivity index (χ1n) is 6.39. The SMILES string of the molecule is COc1cnc(-c2cc(CC(=O)O)cc([N+](=O)[O-])c2OC)nc1. The second-order valence-electron chi connectivity index (χ2n) is 4.47. The predicted molar refractivity (Wildman–Crippen MR) is 78.6 cm³/mol. The van der Waals surface area contributed by atoms with Crippen LogP contribution in [0.4, 0.5) is 5.69 Å². The van der Waals surface area contributed by atoms with Crippen molar-refractivity contribution in [1.29, 1.82) is 0 Å². The summed E-state index contributed by atoms with van der Waals surface area (Å²) < 4.78 is 10.1. The molecule has 120 valence electrons. The van der Waals surface area contributed by atoms with Crippen molar-refractivity contribution in [3.05, 3.63) is 40.2 Å². The summed E-state index contributed by atoms with van der Waals surface area (Å²) in [4.78, 5) is 29.6. The molecule has 0 fully saturated rings. The summed E-state index contributed by atoms with van der Waals surface area (Å²) in [6.45, 7) is 0. The van der Waals surface area contributed by atoms with Crippen LogP contribution in [0.15, 0.2) is 24.5 Å². The average molecular weight is 319 g/mol. The molecule has 0 atom stereocenters. The van der Waals surface area contributed by atoms with Gasteiger partial charge in [-0.2, -0.15) is 0 Å². The van der Waals surface area contributed by atoms with Gasteiger partial charge in [-0.15, -0.1) is 0 Å². The van der Waals surface area contributed by atoms with Crippen LogP contribution in [0.25, 0.3) is 11.4 Å². The molecule has 1 N–H and O–H groups in total. The molecule has 0 radical (unpaired) electrons. The van der Waals surface area contributed by atoms with E-state index in [4.69, 9.17) is 14.6 Å². The number of hydrogen-bond acceptors (Lipinski definition) is 7. The Labute approximate surface area is 130 Å². The van der Waals surface area contributed by atoms with E-state index in [1.165, 1.54) is 38.7 Å². The molecule has 0 unspecified atom stereocenters. The van der Waals surface area contributed by atoms with E-state index < -0.39 is 10.9 Å². The second kappa shape index (κ2) is 6.69. The lowest BCUT2D eigenvalue weighted by atomic mass is 10.0. The molecule has 2 aromatic rings. The predicted octanol–water partition coefficient (Wildman–Crippen LogP) is 1.70. The van der Waals surface area contributed by atoms with Crippen LogP contribution in [-0.4, -0.2) is 40.2 Å². The van der Waals surface area contributed by atoms with Gasteiger partial charge in [-0.1, -0.05) is 0 Å². The monoisotopic (exact) mass is 319 g/mol. The third kappa shape index (κ3) is 3.51. The maximum absolute atomic E-state index is 11.2. The molecule has 0 aliphatic heterocycles. The van der Waals surface area contributed by atoms with Gasteiger partial charge in [0.25, 0.3) is 0 Å². The van der Waals surface area contributed by atoms with Crippen molar-refractivity contribution in [3.8, 4) is 22.9 Å². The number of nitro groups is 1. The number of carboxylic acid groups (broad SMARTS) is 1. The number of aliphatic carboxylic acids is 1. The zero-order valence-electron chi connectivity index (χ0n) is 12.3. The van der Waals surface area contributed by atoms with Gasteiger partial charge in [0.05, 0.1) is 43.5 Å². The number of ether oxygens (including phenoxy) is 2. The molecule has 9 nitrogen and oxygen atoms in total. The van der Waals surface area contributed by atoms with Crippen LogP contribution in [0.2, 0.25) is 0 Å². The molecule has 23 heavy (non-hydrogen) atoms. The lowest BCUT2D eigenvalue weighted by Crippen LogP contribution is -2.04. The molecule has 0 aliphatic rings. The van der Waals surface area contributed by atoms with E-state index in [2.05, 4.69) is 9.97 Å². The maximum atomic E-state index is 11.2. The first kappa shape index (κ1) is 16.1. The normalized spacial score (nSPS) is 10.2. The third-order valence-corrected chi connectivity index (χ3v) is 2.99. The minimum atomic E-state index is -1.11. The number of aromatic nitrogens is 2. The second-order valence-corrected chi connectivity index (χ2v) is 4.47. The van der Waals surface area contributed by atoms with E-state index in [0.29, 0.717) is 5.75 Å². The van der Waals surface area contributed by atoms with Gasteiger partial charge in [-0.05, 0) is 11.6 Å². The van der Waals surface area contributed by atoms with E-state index in [1.54, 1.807) is 0 Å². The van der Waals surface area contributed by atoms with Gasteiger partial charge in [-0.3, -0.25) is 14.9 Å².